The molecule has 2 aromatic carbocycles. The SMILES string of the molecule is Cc1cc(C#N)nc(N2CCN(S(=O)(=O)c3ccc(NC(=O)c4ccccc4N4CCOC4=O)cc3)CC2)n1. The maximum atomic E-state index is 13.3. The number of carbonyl (C=O) groups excluding carboxylic acids is 2. The molecule has 3 aromatic rings. The van der Waals surface area contributed by atoms with Crippen LogP contribution in [0.3, 0.4) is 0 Å². The largest absolute Gasteiger partial charge is 0.447 e. The van der Waals surface area contributed by atoms with E-state index in [9.17, 15) is 18.0 Å². The highest BCUT2D eigenvalue weighted by Crippen LogP contribution is 2.26. The van der Waals surface area contributed by atoms with Crippen molar-refractivity contribution in [2.24, 2.45) is 0 Å². The number of cyclic esters (lactones) is 1. The van der Waals surface area contributed by atoms with Gasteiger partial charge < -0.3 is 15.0 Å². The second-order valence-electron chi connectivity index (χ2n) is 8.96. The molecule has 1 N–H and O–H groups in total. The molecule has 2 amide bonds. The van der Waals surface area contributed by atoms with Crippen molar-refractivity contribution in [1.82, 2.24) is 14.3 Å². The molecular formula is C26H25N7O5S. The van der Waals surface area contributed by atoms with Crippen molar-refractivity contribution >= 4 is 39.3 Å². The first-order chi connectivity index (χ1) is 18.8. The van der Waals surface area contributed by atoms with E-state index in [-0.39, 0.29) is 30.3 Å². The Labute approximate surface area is 225 Å². The molecule has 2 aliphatic rings. The van der Waals surface area contributed by atoms with Crippen LogP contribution in [0.5, 0.6) is 0 Å². The van der Waals surface area contributed by atoms with Crippen molar-refractivity contribution in [2.45, 2.75) is 11.8 Å². The molecule has 2 fully saturated rings. The minimum Gasteiger partial charge on any atom is -0.447 e. The standard InChI is InChI=1S/C26H25N7O5S/c1-18-16-20(17-27)30-25(28-18)31-10-12-32(13-11-31)39(36,37)21-8-6-19(7-9-21)29-24(34)22-4-2-3-5-23(22)33-14-15-38-26(33)35/h2-9,16H,10-15H2,1H3,(H,29,34). The van der Waals surface area contributed by atoms with Gasteiger partial charge in [-0.15, -0.1) is 0 Å². The Morgan fingerprint density at radius 2 is 1.74 bits per heavy atom. The molecule has 5 rings (SSSR count). The smallest absolute Gasteiger partial charge is 0.414 e. The molecule has 1 aromatic heterocycles. The van der Waals surface area contributed by atoms with E-state index in [0.29, 0.717) is 48.2 Å². The Hall–Kier alpha value is -4.54. The van der Waals surface area contributed by atoms with Gasteiger partial charge in [-0.25, -0.2) is 23.2 Å². The lowest BCUT2D eigenvalue weighted by molar-refractivity contribution is 0.102. The minimum atomic E-state index is -3.77. The van der Waals surface area contributed by atoms with E-state index < -0.39 is 22.0 Å². The summed E-state index contributed by atoms with van der Waals surface area (Å²) in [6, 6.07) is 16.3. The first-order valence-corrected chi connectivity index (χ1v) is 13.7. The van der Waals surface area contributed by atoms with Gasteiger partial charge >= 0.3 is 6.09 Å². The Kier molecular flexibility index (Phi) is 7.14. The molecule has 2 saturated heterocycles. The summed E-state index contributed by atoms with van der Waals surface area (Å²) in [4.78, 5) is 36.9. The number of carbonyl (C=O) groups is 2. The highest BCUT2D eigenvalue weighted by atomic mass is 32.2. The zero-order valence-corrected chi connectivity index (χ0v) is 21.9. The van der Waals surface area contributed by atoms with E-state index in [4.69, 9.17) is 10.00 Å². The number of amides is 2. The summed E-state index contributed by atoms with van der Waals surface area (Å²) in [6.07, 6.45) is -0.510. The van der Waals surface area contributed by atoms with Crippen molar-refractivity contribution in [3.05, 3.63) is 71.5 Å². The first kappa shape index (κ1) is 26.1. The average molecular weight is 548 g/mol. The van der Waals surface area contributed by atoms with Gasteiger partial charge in [0.15, 0.2) is 0 Å². The van der Waals surface area contributed by atoms with Crippen molar-refractivity contribution in [3.8, 4) is 6.07 Å². The third-order valence-electron chi connectivity index (χ3n) is 6.43. The number of aryl methyl sites for hydroxylation is 1. The monoisotopic (exact) mass is 547 g/mol. The Morgan fingerprint density at radius 3 is 2.41 bits per heavy atom. The van der Waals surface area contributed by atoms with Crippen molar-refractivity contribution in [3.63, 3.8) is 0 Å². The number of hydrogen-bond donors (Lipinski definition) is 1. The lowest BCUT2D eigenvalue weighted by atomic mass is 10.1. The zero-order valence-electron chi connectivity index (χ0n) is 21.1. The normalized spacial score (nSPS) is 16.1. The third-order valence-corrected chi connectivity index (χ3v) is 8.34. The van der Waals surface area contributed by atoms with Crippen LogP contribution in [0.15, 0.2) is 59.5 Å². The van der Waals surface area contributed by atoms with E-state index in [0.717, 1.165) is 0 Å². The van der Waals surface area contributed by atoms with Gasteiger partial charge in [0.1, 0.15) is 18.4 Å². The molecule has 0 radical (unpaired) electrons. The maximum absolute atomic E-state index is 13.3. The number of para-hydroxylation sites is 1. The summed E-state index contributed by atoms with van der Waals surface area (Å²) >= 11 is 0. The van der Waals surface area contributed by atoms with Gasteiger partial charge in [0.05, 0.1) is 22.7 Å². The minimum absolute atomic E-state index is 0.104. The number of benzene rings is 2. The molecule has 0 saturated carbocycles. The Morgan fingerprint density at radius 1 is 1.03 bits per heavy atom. The number of anilines is 3. The number of nitrogens with one attached hydrogen (secondary N) is 1. The van der Waals surface area contributed by atoms with Gasteiger partial charge in [0.25, 0.3) is 5.91 Å². The molecule has 0 aliphatic carbocycles. The molecule has 0 bridgehead atoms. The second kappa shape index (κ2) is 10.7. The molecule has 39 heavy (non-hydrogen) atoms. The zero-order chi connectivity index (χ0) is 27.6. The van der Waals surface area contributed by atoms with Gasteiger partial charge in [-0.3, -0.25) is 9.69 Å². The van der Waals surface area contributed by atoms with E-state index in [1.165, 1.54) is 33.5 Å². The summed E-state index contributed by atoms with van der Waals surface area (Å²) in [6.45, 7) is 3.61. The fourth-order valence-electron chi connectivity index (χ4n) is 4.45. The summed E-state index contributed by atoms with van der Waals surface area (Å²) in [7, 11) is -3.77. The van der Waals surface area contributed by atoms with Crippen LogP contribution >= 0.6 is 0 Å². The molecule has 0 unspecified atom stereocenters. The lowest BCUT2D eigenvalue weighted by Gasteiger charge is -2.34. The maximum Gasteiger partial charge on any atom is 0.414 e. The van der Waals surface area contributed by atoms with E-state index in [2.05, 4.69) is 15.3 Å². The fraction of sp³-hybridized carbons (Fsp3) is 0.269. The number of hydrogen-bond acceptors (Lipinski definition) is 9. The number of ether oxygens (including phenoxy) is 1. The Balaban J connectivity index is 1.25. The second-order valence-corrected chi connectivity index (χ2v) is 10.9. The summed E-state index contributed by atoms with van der Waals surface area (Å²) in [5, 5.41) is 11.9. The number of nitriles is 1. The average Bonchev–Trinajstić information content (AvgIpc) is 3.38. The summed E-state index contributed by atoms with van der Waals surface area (Å²) in [5.41, 5.74) is 2.08. The predicted octanol–water partition coefficient (Wildman–Crippen LogP) is 2.38. The van der Waals surface area contributed by atoms with Crippen LogP contribution < -0.4 is 15.1 Å². The molecule has 13 heteroatoms. The molecule has 200 valence electrons. The van der Waals surface area contributed by atoms with Gasteiger partial charge in [-0.1, -0.05) is 12.1 Å². The number of sulfonamides is 1. The van der Waals surface area contributed by atoms with Gasteiger partial charge in [0.2, 0.25) is 16.0 Å². The van der Waals surface area contributed by atoms with Crippen LogP contribution in [0.4, 0.5) is 22.1 Å². The summed E-state index contributed by atoms with van der Waals surface area (Å²) < 4.78 is 32.9. The van der Waals surface area contributed by atoms with Crippen LogP contribution in [-0.2, 0) is 14.8 Å². The van der Waals surface area contributed by atoms with Crippen LogP contribution in [0, 0.1) is 18.3 Å². The number of aromatic nitrogens is 2. The van der Waals surface area contributed by atoms with Crippen LogP contribution in [0.2, 0.25) is 0 Å². The van der Waals surface area contributed by atoms with E-state index >= 15 is 0 Å². The van der Waals surface area contributed by atoms with E-state index in [1.54, 1.807) is 37.3 Å². The van der Waals surface area contributed by atoms with Gasteiger partial charge in [-0.2, -0.15) is 9.57 Å². The van der Waals surface area contributed by atoms with Crippen molar-refractivity contribution < 1.29 is 22.7 Å². The summed E-state index contributed by atoms with van der Waals surface area (Å²) in [5.74, 6) is -0.0261. The van der Waals surface area contributed by atoms with Crippen LogP contribution in [0.1, 0.15) is 21.7 Å². The Bertz CT molecular complexity index is 1560. The first-order valence-electron chi connectivity index (χ1n) is 12.2. The van der Waals surface area contributed by atoms with Crippen LogP contribution in [0.25, 0.3) is 0 Å². The molecule has 0 spiro atoms. The number of piperazine rings is 1. The molecular weight excluding hydrogens is 522 g/mol. The number of nitrogens with zero attached hydrogens (tertiary/aromatic N) is 6. The molecule has 0 atom stereocenters. The lowest BCUT2D eigenvalue weighted by Crippen LogP contribution is -2.49. The van der Waals surface area contributed by atoms with Gasteiger partial charge in [0, 0.05) is 37.6 Å². The number of rotatable bonds is 6. The highest BCUT2D eigenvalue weighted by Gasteiger charge is 2.30. The van der Waals surface area contributed by atoms with Crippen molar-refractivity contribution in [2.75, 3.05) is 54.4 Å². The van der Waals surface area contributed by atoms with Gasteiger partial charge in [-0.05, 0) is 49.4 Å². The van der Waals surface area contributed by atoms with Crippen LogP contribution in [-0.4, -0.2) is 74.0 Å². The third kappa shape index (κ3) is 5.38. The quantitative estimate of drug-likeness (QED) is 0.491. The molecule has 3 heterocycles. The molecule has 12 nitrogen and oxygen atoms in total. The highest BCUT2D eigenvalue weighted by molar-refractivity contribution is 7.89. The van der Waals surface area contributed by atoms with Crippen molar-refractivity contribution in [1.29, 1.82) is 5.26 Å². The topological polar surface area (TPSA) is 149 Å². The predicted molar refractivity (Wildman–Crippen MR) is 142 cm³/mol. The fourth-order valence-corrected chi connectivity index (χ4v) is 5.87. The van der Waals surface area contributed by atoms with E-state index in [1.807, 2.05) is 11.0 Å². The molecule has 2 aliphatic heterocycles.